The average molecular weight is 851 g/mol. The fraction of sp³-hybridized carbons (Fsp3) is 0.442. The molecule has 0 heterocycles. The summed E-state index contributed by atoms with van der Waals surface area (Å²) in [7, 11) is -8.90. The van der Waals surface area contributed by atoms with E-state index in [0.29, 0.717) is 22.3 Å². The Hall–Kier alpha value is -4.94. The highest BCUT2D eigenvalue weighted by atomic mass is 32.2. The van der Waals surface area contributed by atoms with Crippen LogP contribution in [0, 0.1) is 47.4 Å². The van der Waals surface area contributed by atoms with Crippen molar-refractivity contribution in [2.24, 2.45) is 23.7 Å². The zero-order chi connectivity index (χ0) is 43.2. The van der Waals surface area contributed by atoms with Crippen LogP contribution in [0.25, 0.3) is 0 Å². The highest BCUT2D eigenvalue weighted by Gasteiger charge is 2.45. The minimum absolute atomic E-state index is 0.0230. The highest BCUT2D eigenvalue weighted by molar-refractivity contribution is 7.89. The van der Waals surface area contributed by atoms with Crippen LogP contribution in [0.1, 0.15) is 65.9 Å². The van der Waals surface area contributed by atoms with Gasteiger partial charge >= 0.3 is 0 Å². The van der Waals surface area contributed by atoms with Gasteiger partial charge in [0.25, 0.3) is 21.8 Å². The fourth-order valence-corrected chi connectivity index (χ4v) is 9.67. The van der Waals surface area contributed by atoms with E-state index in [9.17, 15) is 36.8 Å². The molecule has 318 valence electrons. The minimum Gasteiger partial charge on any atom is -0.481 e. The van der Waals surface area contributed by atoms with Gasteiger partial charge in [0, 0.05) is 19.0 Å². The lowest BCUT2D eigenvalue weighted by Crippen LogP contribution is -2.54. The van der Waals surface area contributed by atoms with Crippen LogP contribution in [-0.2, 0) is 36.1 Å². The third kappa shape index (κ3) is 12.8. The molecular formula is C43H54N4O10S2. The van der Waals surface area contributed by atoms with Gasteiger partial charge in [-0.3, -0.25) is 20.0 Å². The number of hydrogen-bond donors (Lipinski definition) is 3. The Balaban J connectivity index is 1.65. The average Bonchev–Trinajstić information content (AvgIpc) is 4.06. The molecule has 0 bridgehead atoms. The number of hydrazine groups is 1. The van der Waals surface area contributed by atoms with E-state index in [-0.39, 0.29) is 60.0 Å². The molecule has 0 spiro atoms. The number of carbonyl (C=O) groups excluding carboxylic acids is 2. The molecule has 0 radical (unpaired) electrons. The van der Waals surface area contributed by atoms with Gasteiger partial charge in [0.2, 0.25) is 10.0 Å². The monoisotopic (exact) mass is 850 g/mol. The maximum atomic E-state index is 14.4. The van der Waals surface area contributed by atoms with Gasteiger partial charge in [0.05, 0.1) is 9.79 Å². The number of nitrogens with zero attached hydrogens (tertiary/aromatic N) is 3. The zero-order valence-electron chi connectivity index (χ0n) is 34.1. The summed E-state index contributed by atoms with van der Waals surface area (Å²) in [4.78, 5) is 27.6. The molecule has 3 aromatic carbocycles. The van der Waals surface area contributed by atoms with Crippen molar-refractivity contribution in [3.63, 3.8) is 0 Å². The predicted molar refractivity (Wildman–Crippen MR) is 221 cm³/mol. The smallest absolute Gasteiger partial charge is 0.265 e. The van der Waals surface area contributed by atoms with Crippen LogP contribution in [0.15, 0.2) is 88.7 Å². The lowest BCUT2D eigenvalue weighted by Gasteiger charge is -2.36. The molecule has 1 aliphatic carbocycles. The van der Waals surface area contributed by atoms with Crippen molar-refractivity contribution in [2.45, 2.75) is 82.6 Å². The summed E-state index contributed by atoms with van der Waals surface area (Å²) < 4.78 is 69.8. The first-order valence-electron chi connectivity index (χ1n) is 19.5. The molecule has 0 aliphatic heterocycles. The lowest BCUT2D eigenvalue weighted by atomic mass is 9.83. The van der Waals surface area contributed by atoms with Crippen molar-refractivity contribution >= 4 is 31.9 Å². The van der Waals surface area contributed by atoms with Crippen molar-refractivity contribution in [1.82, 2.24) is 19.4 Å². The summed E-state index contributed by atoms with van der Waals surface area (Å²) in [5.41, 5.74) is 2.55. The molecule has 3 aromatic rings. The maximum absolute atomic E-state index is 14.4. The molecule has 16 heteroatoms. The number of aryl methyl sites for hydroxylation is 1. The van der Waals surface area contributed by atoms with E-state index in [2.05, 4.69) is 23.7 Å². The van der Waals surface area contributed by atoms with Gasteiger partial charge in [0.15, 0.2) is 0 Å². The summed E-state index contributed by atoms with van der Waals surface area (Å²) >= 11 is 0. The summed E-state index contributed by atoms with van der Waals surface area (Å²) in [5, 5.41) is 21.7. The quantitative estimate of drug-likeness (QED) is 0.0662. The van der Waals surface area contributed by atoms with Crippen molar-refractivity contribution < 1.29 is 46.3 Å². The predicted octanol–water partition coefficient (Wildman–Crippen LogP) is 5.52. The number of nitrogens with one attached hydrogen (secondary N) is 1. The van der Waals surface area contributed by atoms with Crippen LogP contribution in [0.5, 0.6) is 11.5 Å². The second-order valence-electron chi connectivity index (χ2n) is 14.6. The van der Waals surface area contributed by atoms with Crippen LogP contribution >= 0.6 is 0 Å². The first-order valence-corrected chi connectivity index (χ1v) is 22.3. The van der Waals surface area contributed by atoms with Gasteiger partial charge in [-0.15, -0.1) is 17.0 Å². The van der Waals surface area contributed by atoms with Crippen molar-refractivity contribution in [3.05, 3.63) is 84.4 Å². The van der Waals surface area contributed by atoms with E-state index < -0.39 is 55.7 Å². The highest BCUT2D eigenvalue weighted by Crippen LogP contribution is 2.36. The molecule has 14 nitrogen and oxygen atoms in total. The number of rotatable bonds is 22. The SMILES string of the molecule is CC#CCOc1ccc(S(=O)(=O)N(CC2CC2)C(C(=O)NO)C(C)CC(C(=O)N(O)N(CCCc2ccccc2)S(=O)(=O)c2ccc(OCC#CC)cc2)C(C)C)cc1. The lowest BCUT2D eigenvalue weighted by molar-refractivity contribution is -0.217. The Labute approximate surface area is 348 Å². The second-order valence-corrected chi connectivity index (χ2v) is 18.4. The Kier molecular flexibility index (Phi) is 17.3. The van der Waals surface area contributed by atoms with E-state index in [1.807, 2.05) is 30.3 Å². The number of hydrogen-bond acceptors (Lipinski definition) is 10. The largest absolute Gasteiger partial charge is 0.481 e. The number of hydroxylamine groups is 2. The van der Waals surface area contributed by atoms with Gasteiger partial charge in [-0.05, 0) is 118 Å². The van der Waals surface area contributed by atoms with Crippen LogP contribution < -0.4 is 15.0 Å². The summed E-state index contributed by atoms with van der Waals surface area (Å²) in [6.07, 6.45) is 1.99. The number of benzene rings is 3. The molecule has 0 saturated heterocycles. The Morgan fingerprint density at radius 2 is 1.34 bits per heavy atom. The Morgan fingerprint density at radius 3 is 1.81 bits per heavy atom. The molecule has 0 aromatic heterocycles. The molecule has 59 heavy (non-hydrogen) atoms. The molecule has 2 amide bonds. The van der Waals surface area contributed by atoms with E-state index in [0.717, 1.165) is 22.7 Å². The molecule has 3 unspecified atom stereocenters. The molecule has 3 N–H and O–H groups in total. The van der Waals surface area contributed by atoms with Gasteiger partial charge in [-0.25, -0.2) is 22.3 Å². The number of carbonyl (C=O) groups is 2. The first-order chi connectivity index (χ1) is 28.1. The van der Waals surface area contributed by atoms with Crippen LogP contribution in [0.4, 0.5) is 0 Å². The van der Waals surface area contributed by atoms with Gasteiger partial charge in [-0.1, -0.05) is 67.4 Å². The topological polar surface area (TPSA) is 183 Å². The molecular weight excluding hydrogens is 797 g/mol. The fourth-order valence-electron chi connectivity index (χ4n) is 6.54. The normalized spacial score (nSPS) is 14.3. The summed E-state index contributed by atoms with van der Waals surface area (Å²) in [6.45, 7) is 8.24. The number of amides is 2. The van der Waals surface area contributed by atoms with Gasteiger partial charge in [0.1, 0.15) is 30.8 Å². The van der Waals surface area contributed by atoms with Crippen LogP contribution in [0.2, 0.25) is 0 Å². The zero-order valence-corrected chi connectivity index (χ0v) is 35.7. The standard InChI is InChI=1S/C43H54N4O10S2/c1-6-8-28-56-36-19-23-38(24-20-36)58(52,53)45(31-35-17-18-35)41(42(48)44-50)33(5)30-40(32(3)4)43(49)47(51)46(27-13-16-34-14-11-10-12-15-34)59(54,55)39-25-21-37(22-26-39)57-29-9-7-2/h10-12,14-15,19-26,32-33,35,40-41,50-51H,13,16-18,27-31H2,1-5H3,(H,44,48). The summed E-state index contributed by atoms with van der Waals surface area (Å²) in [5.74, 6) is 7.15. The minimum atomic E-state index is -4.54. The molecule has 3 atom stereocenters. The van der Waals surface area contributed by atoms with Gasteiger partial charge in [-0.2, -0.15) is 4.31 Å². The first kappa shape index (κ1) is 46.7. The third-order valence-electron chi connectivity index (χ3n) is 9.98. The van der Waals surface area contributed by atoms with E-state index >= 15 is 0 Å². The Bertz CT molecular complexity index is 2190. The Morgan fingerprint density at radius 1 is 0.814 bits per heavy atom. The number of sulfonamides is 2. The molecule has 1 aliphatic rings. The van der Waals surface area contributed by atoms with Crippen LogP contribution in [0.3, 0.4) is 0 Å². The van der Waals surface area contributed by atoms with E-state index in [4.69, 9.17) is 9.47 Å². The summed E-state index contributed by atoms with van der Waals surface area (Å²) in [6, 6.07) is 19.1. The number of ether oxygens (including phenoxy) is 2. The molecule has 1 fully saturated rings. The van der Waals surface area contributed by atoms with Crippen molar-refractivity contribution in [2.75, 3.05) is 26.3 Å². The van der Waals surface area contributed by atoms with Crippen molar-refractivity contribution in [1.29, 1.82) is 0 Å². The van der Waals surface area contributed by atoms with Crippen LogP contribution in [-0.4, -0.2) is 85.3 Å². The second kappa shape index (κ2) is 21.9. The maximum Gasteiger partial charge on any atom is 0.265 e. The molecule has 4 rings (SSSR count). The van der Waals surface area contributed by atoms with Crippen molar-refractivity contribution in [3.8, 4) is 35.2 Å². The van der Waals surface area contributed by atoms with E-state index in [1.54, 1.807) is 40.1 Å². The van der Waals surface area contributed by atoms with E-state index in [1.165, 1.54) is 48.5 Å². The third-order valence-corrected chi connectivity index (χ3v) is 13.6. The van der Waals surface area contributed by atoms with Gasteiger partial charge < -0.3 is 9.47 Å². The molecule has 1 saturated carbocycles.